The van der Waals surface area contributed by atoms with E-state index < -0.39 is 0 Å². The standard InChI is InChI=1S/C19H21FN2O2/c1-13-7-11-24-18(13)19(23)21-8-5-16(6-9-21)22-10-4-14-12-15(20)2-3-17(14)22/h2-3,7,11-12,16H,4-6,8-10H2,1H3. The molecule has 4 rings (SSSR count). The molecule has 2 aliphatic rings. The predicted octanol–water partition coefficient (Wildman–Crippen LogP) is 3.39. The first kappa shape index (κ1) is 15.2. The number of nitrogens with zero attached hydrogens (tertiary/aromatic N) is 2. The molecule has 1 aromatic heterocycles. The van der Waals surface area contributed by atoms with Gasteiger partial charge >= 0.3 is 0 Å². The quantitative estimate of drug-likeness (QED) is 0.848. The lowest BCUT2D eigenvalue weighted by molar-refractivity contribution is 0.0679. The van der Waals surface area contributed by atoms with Gasteiger partial charge in [0.1, 0.15) is 5.82 Å². The van der Waals surface area contributed by atoms with Crippen molar-refractivity contribution >= 4 is 11.6 Å². The van der Waals surface area contributed by atoms with E-state index in [1.807, 2.05) is 24.0 Å². The third-order valence-corrected chi connectivity index (χ3v) is 5.22. The molecule has 0 unspecified atom stereocenters. The number of anilines is 1. The van der Waals surface area contributed by atoms with Crippen molar-refractivity contribution in [2.45, 2.75) is 32.2 Å². The number of benzene rings is 1. The molecule has 1 amide bonds. The van der Waals surface area contributed by atoms with Crippen LogP contribution in [0.2, 0.25) is 0 Å². The molecule has 4 nitrogen and oxygen atoms in total. The molecule has 0 spiro atoms. The number of aryl methyl sites for hydroxylation is 1. The molecule has 0 saturated carbocycles. The number of piperidine rings is 1. The van der Waals surface area contributed by atoms with E-state index in [-0.39, 0.29) is 11.7 Å². The molecule has 0 bridgehead atoms. The van der Waals surface area contributed by atoms with Crippen molar-refractivity contribution in [3.05, 3.63) is 53.2 Å². The van der Waals surface area contributed by atoms with Gasteiger partial charge in [0.05, 0.1) is 6.26 Å². The number of carbonyl (C=O) groups is 1. The van der Waals surface area contributed by atoms with Crippen molar-refractivity contribution in [2.24, 2.45) is 0 Å². The SMILES string of the molecule is Cc1ccoc1C(=O)N1CCC(N2CCc3cc(F)ccc32)CC1. The highest BCUT2D eigenvalue weighted by Crippen LogP contribution is 2.33. The van der Waals surface area contributed by atoms with Gasteiger partial charge in [-0.05, 0) is 56.0 Å². The number of hydrogen-bond donors (Lipinski definition) is 0. The molecule has 2 aromatic rings. The Hall–Kier alpha value is -2.30. The minimum absolute atomic E-state index is 0.0140. The largest absolute Gasteiger partial charge is 0.459 e. The second-order valence-electron chi connectivity index (χ2n) is 6.67. The van der Waals surface area contributed by atoms with Crippen molar-refractivity contribution in [1.82, 2.24) is 4.90 Å². The molecule has 1 aromatic carbocycles. The number of halogens is 1. The zero-order chi connectivity index (χ0) is 16.7. The summed E-state index contributed by atoms with van der Waals surface area (Å²) in [5.74, 6) is 0.278. The molecule has 0 atom stereocenters. The van der Waals surface area contributed by atoms with Gasteiger partial charge in [-0.15, -0.1) is 0 Å². The van der Waals surface area contributed by atoms with Crippen LogP contribution in [0.25, 0.3) is 0 Å². The van der Waals surface area contributed by atoms with Crippen molar-refractivity contribution in [3.63, 3.8) is 0 Å². The summed E-state index contributed by atoms with van der Waals surface area (Å²) in [4.78, 5) is 16.8. The van der Waals surface area contributed by atoms with Crippen LogP contribution in [0.5, 0.6) is 0 Å². The van der Waals surface area contributed by atoms with E-state index in [9.17, 15) is 9.18 Å². The molecule has 126 valence electrons. The van der Waals surface area contributed by atoms with Gasteiger partial charge in [0.25, 0.3) is 5.91 Å². The van der Waals surface area contributed by atoms with Gasteiger partial charge in [0.2, 0.25) is 0 Å². The highest BCUT2D eigenvalue weighted by molar-refractivity contribution is 5.92. The average molecular weight is 328 g/mol. The zero-order valence-electron chi connectivity index (χ0n) is 13.8. The minimum atomic E-state index is -0.162. The van der Waals surface area contributed by atoms with Gasteiger partial charge in [-0.25, -0.2) is 4.39 Å². The fraction of sp³-hybridized carbons (Fsp3) is 0.421. The molecular weight excluding hydrogens is 307 g/mol. The Morgan fingerprint density at radius 3 is 2.71 bits per heavy atom. The molecule has 0 aliphatic carbocycles. The van der Waals surface area contributed by atoms with Crippen LogP contribution in [0.3, 0.4) is 0 Å². The van der Waals surface area contributed by atoms with E-state index in [4.69, 9.17) is 4.42 Å². The van der Waals surface area contributed by atoms with E-state index in [0.29, 0.717) is 11.8 Å². The van der Waals surface area contributed by atoms with E-state index >= 15 is 0 Å². The van der Waals surface area contributed by atoms with Gasteiger partial charge < -0.3 is 14.2 Å². The predicted molar refractivity (Wildman–Crippen MR) is 89.8 cm³/mol. The molecular formula is C19H21FN2O2. The lowest BCUT2D eigenvalue weighted by Gasteiger charge is -2.37. The van der Waals surface area contributed by atoms with Crippen molar-refractivity contribution < 1.29 is 13.6 Å². The van der Waals surface area contributed by atoms with Crippen molar-refractivity contribution in [2.75, 3.05) is 24.5 Å². The summed E-state index contributed by atoms with van der Waals surface area (Å²) < 4.78 is 18.7. The van der Waals surface area contributed by atoms with Crippen molar-refractivity contribution in [1.29, 1.82) is 0 Å². The van der Waals surface area contributed by atoms with Crippen LogP contribution in [-0.4, -0.2) is 36.5 Å². The summed E-state index contributed by atoms with van der Waals surface area (Å²) in [7, 11) is 0. The summed E-state index contributed by atoms with van der Waals surface area (Å²) in [6, 6.07) is 7.31. The third kappa shape index (κ3) is 2.58. The maximum atomic E-state index is 13.4. The smallest absolute Gasteiger partial charge is 0.289 e. The summed E-state index contributed by atoms with van der Waals surface area (Å²) in [5.41, 5.74) is 3.14. The Kier molecular flexibility index (Phi) is 3.79. The molecule has 3 heterocycles. The number of likely N-dealkylation sites (tertiary alicyclic amines) is 1. The summed E-state index contributed by atoms with van der Waals surface area (Å²) >= 11 is 0. The molecule has 5 heteroatoms. The van der Waals surface area contributed by atoms with Crippen LogP contribution in [-0.2, 0) is 6.42 Å². The van der Waals surface area contributed by atoms with Crippen LogP contribution >= 0.6 is 0 Å². The topological polar surface area (TPSA) is 36.7 Å². The van der Waals surface area contributed by atoms with Crippen LogP contribution in [0, 0.1) is 12.7 Å². The van der Waals surface area contributed by atoms with Crippen LogP contribution in [0.15, 0.2) is 34.9 Å². The molecule has 24 heavy (non-hydrogen) atoms. The monoisotopic (exact) mass is 328 g/mol. The Morgan fingerprint density at radius 1 is 1.21 bits per heavy atom. The number of hydrogen-bond acceptors (Lipinski definition) is 3. The number of amides is 1. The van der Waals surface area contributed by atoms with Gasteiger partial charge in [-0.1, -0.05) is 0 Å². The normalized spacial score (nSPS) is 18.1. The molecule has 0 N–H and O–H groups in total. The first-order valence-electron chi connectivity index (χ1n) is 8.52. The van der Waals surface area contributed by atoms with Crippen LogP contribution in [0.1, 0.15) is 34.5 Å². The Bertz CT molecular complexity index is 762. The second kappa shape index (κ2) is 5.96. The van der Waals surface area contributed by atoms with Crippen molar-refractivity contribution in [3.8, 4) is 0 Å². The number of fused-ring (bicyclic) bond motifs is 1. The van der Waals surface area contributed by atoms with Gasteiger partial charge in [-0.2, -0.15) is 0 Å². The number of carbonyl (C=O) groups excluding carboxylic acids is 1. The minimum Gasteiger partial charge on any atom is -0.459 e. The van der Waals surface area contributed by atoms with E-state index in [2.05, 4.69) is 4.90 Å². The Balaban J connectivity index is 1.43. The highest BCUT2D eigenvalue weighted by atomic mass is 19.1. The maximum Gasteiger partial charge on any atom is 0.289 e. The van der Waals surface area contributed by atoms with Crippen LogP contribution < -0.4 is 4.90 Å². The molecule has 1 fully saturated rings. The molecule has 2 aliphatic heterocycles. The third-order valence-electron chi connectivity index (χ3n) is 5.22. The van der Waals surface area contributed by atoms with Gasteiger partial charge in [0, 0.05) is 36.9 Å². The van der Waals surface area contributed by atoms with Gasteiger partial charge in [0.15, 0.2) is 5.76 Å². The summed E-state index contributed by atoms with van der Waals surface area (Å²) in [6.07, 6.45) is 4.33. The van der Waals surface area contributed by atoms with E-state index in [1.165, 1.54) is 6.07 Å². The highest BCUT2D eigenvalue weighted by Gasteiger charge is 2.31. The second-order valence-corrected chi connectivity index (χ2v) is 6.67. The lowest BCUT2D eigenvalue weighted by atomic mass is 10.0. The summed E-state index contributed by atoms with van der Waals surface area (Å²) in [6.45, 7) is 4.30. The first-order chi connectivity index (χ1) is 11.6. The van der Waals surface area contributed by atoms with E-state index in [1.54, 1.807) is 12.3 Å². The van der Waals surface area contributed by atoms with E-state index in [0.717, 1.165) is 55.7 Å². The first-order valence-corrected chi connectivity index (χ1v) is 8.52. The van der Waals surface area contributed by atoms with Crippen LogP contribution in [0.4, 0.5) is 10.1 Å². The molecule has 1 saturated heterocycles. The Morgan fingerprint density at radius 2 is 2.00 bits per heavy atom. The fourth-order valence-corrected chi connectivity index (χ4v) is 3.89. The lowest BCUT2D eigenvalue weighted by Crippen LogP contribution is -2.46. The number of furan rings is 1. The fourth-order valence-electron chi connectivity index (χ4n) is 3.89. The average Bonchev–Trinajstić information content (AvgIpc) is 3.20. The Labute approximate surface area is 140 Å². The maximum absolute atomic E-state index is 13.4. The molecule has 0 radical (unpaired) electrons. The zero-order valence-corrected chi connectivity index (χ0v) is 13.8. The number of rotatable bonds is 2. The summed E-state index contributed by atoms with van der Waals surface area (Å²) in [5, 5.41) is 0. The van der Waals surface area contributed by atoms with Gasteiger partial charge in [-0.3, -0.25) is 4.79 Å².